The summed E-state index contributed by atoms with van der Waals surface area (Å²) in [6.07, 6.45) is 1.57. The van der Waals surface area contributed by atoms with Crippen molar-refractivity contribution in [3.63, 3.8) is 0 Å². The van der Waals surface area contributed by atoms with Gasteiger partial charge in [0.2, 0.25) is 5.91 Å². The molecule has 0 heterocycles. The van der Waals surface area contributed by atoms with Crippen molar-refractivity contribution >= 4 is 11.6 Å². The second-order valence-corrected chi connectivity index (χ2v) is 3.41. The molecule has 0 saturated carbocycles. The zero-order chi connectivity index (χ0) is 10.6. The molecular formula is C12H14NO. The first kappa shape index (κ1) is 10.5. The summed E-state index contributed by atoms with van der Waals surface area (Å²) in [5.74, 6) is -0.101. The molecule has 2 nitrogen and oxygen atoms in total. The van der Waals surface area contributed by atoms with E-state index in [2.05, 4.69) is 12.2 Å². The Hall–Kier alpha value is -1.57. The van der Waals surface area contributed by atoms with Crippen LogP contribution in [0.15, 0.2) is 35.9 Å². The van der Waals surface area contributed by atoms with E-state index in [1.54, 1.807) is 6.08 Å². The second-order valence-electron chi connectivity index (χ2n) is 3.41. The fraction of sp³-hybridized carbons (Fsp3) is 0.167. The normalized spacial score (nSPS) is 9.36. The topological polar surface area (TPSA) is 29.1 Å². The van der Waals surface area contributed by atoms with Gasteiger partial charge in [-0.2, -0.15) is 0 Å². The van der Waals surface area contributed by atoms with Crippen LogP contribution in [0.3, 0.4) is 0 Å². The van der Waals surface area contributed by atoms with Gasteiger partial charge in [0, 0.05) is 11.8 Å². The van der Waals surface area contributed by atoms with Gasteiger partial charge in [-0.05, 0) is 38.5 Å². The number of allylic oxidation sites excluding steroid dienone is 1. The molecule has 1 amide bonds. The molecule has 0 aromatic heterocycles. The minimum Gasteiger partial charge on any atom is -0.323 e. The van der Waals surface area contributed by atoms with Crippen LogP contribution < -0.4 is 5.32 Å². The number of hydrogen-bond donors (Lipinski definition) is 1. The number of carbonyl (C=O) groups excluding carboxylic acids is 1. The van der Waals surface area contributed by atoms with Crippen molar-refractivity contribution in [2.75, 3.05) is 5.32 Å². The van der Waals surface area contributed by atoms with Crippen molar-refractivity contribution in [3.05, 3.63) is 48.4 Å². The van der Waals surface area contributed by atoms with Crippen LogP contribution in [-0.2, 0) is 4.79 Å². The van der Waals surface area contributed by atoms with Crippen LogP contribution in [0.1, 0.15) is 19.4 Å². The van der Waals surface area contributed by atoms with Crippen LogP contribution >= 0.6 is 0 Å². The fourth-order valence-corrected chi connectivity index (χ4v) is 1.09. The Kier molecular flexibility index (Phi) is 3.46. The van der Waals surface area contributed by atoms with Gasteiger partial charge in [-0.25, -0.2) is 0 Å². The summed E-state index contributed by atoms with van der Waals surface area (Å²) in [6, 6.07) is 7.42. The Morgan fingerprint density at radius 2 is 2.14 bits per heavy atom. The Balaban J connectivity index is 2.70. The van der Waals surface area contributed by atoms with Crippen LogP contribution in [0, 0.1) is 6.92 Å². The van der Waals surface area contributed by atoms with E-state index in [0.717, 1.165) is 16.8 Å². The highest BCUT2D eigenvalue weighted by Crippen LogP contribution is 2.09. The standard InChI is InChI=1S/C12H14NO/c1-9(2)7-12(14)13-11-6-4-5-10(3)8-11/h4-8H,3H2,1-2H3,(H,13,14). The van der Waals surface area contributed by atoms with E-state index in [4.69, 9.17) is 0 Å². The third-order valence-electron chi connectivity index (χ3n) is 1.61. The molecule has 73 valence electrons. The molecule has 0 fully saturated rings. The predicted octanol–water partition coefficient (Wildman–Crippen LogP) is 2.77. The maximum Gasteiger partial charge on any atom is 0.248 e. The highest BCUT2D eigenvalue weighted by molar-refractivity contribution is 5.99. The molecule has 0 atom stereocenters. The molecule has 2 heteroatoms. The fourth-order valence-electron chi connectivity index (χ4n) is 1.09. The minimum absolute atomic E-state index is 0.101. The monoisotopic (exact) mass is 188 g/mol. The highest BCUT2D eigenvalue weighted by atomic mass is 16.1. The number of amides is 1. The minimum atomic E-state index is -0.101. The smallest absolute Gasteiger partial charge is 0.248 e. The lowest BCUT2D eigenvalue weighted by Crippen LogP contribution is -2.08. The van der Waals surface area contributed by atoms with E-state index in [1.165, 1.54) is 0 Å². The highest BCUT2D eigenvalue weighted by Gasteiger charge is 1.97. The summed E-state index contributed by atoms with van der Waals surface area (Å²) in [5.41, 5.74) is 2.65. The Morgan fingerprint density at radius 3 is 2.71 bits per heavy atom. The molecule has 1 aromatic rings. The second kappa shape index (κ2) is 4.61. The zero-order valence-corrected chi connectivity index (χ0v) is 8.50. The molecule has 1 radical (unpaired) electrons. The van der Waals surface area contributed by atoms with E-state index < -0.39 is 0 Å². The van der Waals surface area contributed by atoms with Crippen molar-refractivity contribution < 1.29 is 4.79 Å². The molecule has 0 aliphatic heterocycles. The van der Waals surface area contributed by atoms with Crippen LogP contribution in [0.5, 0.6) is 0 Å². The van der Waals surface area contributed by atoms with Crippen molar-refractivity contribution in [1.82, 2.24) is 0 Å². The van der Waals surface area contributed by atoms with E-state index in [0.29, 0.717) is 0 Å². The molecule has 0 bridgehead atoms. The first-order valence-corrected chi connectivity index (χ1v) is 4.46. The summed E-state index contributed by atoms with van der Waals surface area (Å²) in [4.78, 5) is 11.3. The summed E-state index contributed by atoms with van der Waals surface area (Å²) < 4.78 is 0. The molecule has 0 saturated heterocycles. The number of carbonyl (C=O) groups is 1. The summed E-state index contributed by atoms with van der Waals surface area (Å²) in [5, 5.41) is 2.76. The molecule has 1 aromatic carbocycles. The molecule has 1 rings (SSSR count). The van der Waals surface area contributed by atoms with Gasteiger partial charge in [0.1, 0.15) is 0 Å². The number of benzene rings is 1. The van der Waals surface area contributed by atoms with Crippen LogP contribution in [0.4, 0.5) is 5.69 Å². The number of anilines is 1. The van der Waals surface area contributed by atoms with Gasteiger partial charge in [-0.15, -0.1) is 0 Å². The molecule has 0 aliphatic carbocycles. The molecule has 0 unspecified atom stereocenters. The number of nitrogens with one attached hydrogen (secondary N) is 1. The van der Waals surface area contributed by atoms with Crippen molar-refractivity contribution in [2.24, 2.45) is 0 Å². The molecule has 0 spiro atoms. The van der Waals surface area contributed by atoms with E-state index >= 15 is 0 Å². The van der Waals surface area contributed by atoms with E-state index in [-0.39, 0.29) is 5.91 Å². The third kappa shape index (κ3) is 3.44. The van der Waals surface area contributed by atoms with Gasteiger partial charge >= 0.3 is 0 Å². The molecular weight excluding hydrogens is 174 g/mol. The van der Waals surface area contributed by atoms with Crippen molar-refractivity contribution in [2.45, 2.75) is 13.8 Å². The quantitative estimate of drug-likeness (QED) is 0.710. The van der Waals surface area contributed by atoms with E-state index in [1.807, 2.05) is 38.1 Å². The molecule has 0 aliphatic rings. The third-order valence-corrected chi connectivity index (χ3v) is 1.61. The molecule has 1 N–H and O–H groups in total. The SMILES string of the molecule is [CH2]c1cccc(NC(=O)C=C(C)C)c1. The zero-order valence-electron chi connectivity index (χ0n) is 8.50. The average Bonchev–Trinajstić information content (AvgIpc) is 2.01. The Labute approximate surface area is 84.6 Å². The van der Waals surface area contributed by atoms with Gasteiger partial charge in [0.25, 0.3) is 0 Å². The van der Waals surface area contributed by atoms with Crippen LogP contribution in [0.25, 0.3) is 0 Å². The average molecular weight is 188 g/mol. The molecule has 14 heavy (non-hydrogen) atoms. The first-order chi connectivity index (χ1) is 6.58. The largest absolute Gasteiger partial charge is 0.323 e. The van der Waals surface area contributed by atoms with Crippen molar-refractivity contribution in [3.8, 4) is 0 Å². The van der Waals surface area contributed by atoms with Crippen LogP contribution in [0.2, 0.25) is 0 Å². The number of rotatable bonds is 2. The summed E-state index contributed by atoms with van der Waals surface area (Å²) in [6.45, 7) is 7.56. The predicted molar refractivity (Wildman–Crippen MR) is 59.0 cm³/mol. The number of hydrogen-bond acceptors (Lipinski definition) is 1. The Bertz CT molecular complexity index is 362. The summed E-state index contributed by atoms with van der Waals surface area (Å²) in [7, 11) is 0. The lowest BCUT2D eigenvalue weighted by Gasteiger charge is -2.02. The van der Waals surface area contributed by atoms with Gasteiger partial charge in [0.05, 0.1) is 0 Å². The lowest BCUT2D eigenvalue weighted by molar-refractivity contribution is -0.111. The van der Waals surface area contributed by atoms with Gasteiger partial charge in [-0.1, -0.05) is 17.7 Å². The summed E-state index contributed by atoms with van der Waals surface area (Å²) >= 11 is 0. The maximum atomic E-state index is 11.3. The lowest BCUT2D eigenvalue weighted by atomic mass is 10.2. The van der Waals surface area contributed by atoms with Crippen LogP contribution in [-0.4, -0.2) is 5.91 Å². The van der Waals surface area contributed by atoms with Crippen molar-refractivity contribution in [1.29, 1.82) is 0 Å². The van der Waals surface area contributed by atoms with Gasteiger partial charge in [0.15, 0.2) is 0 Å². The maximum absolute atomic E-state index is 11.3. The van der Waals surface area contributed by atoms with E-state index in [9.17, 15) is 4.79 Å². The Morgan fingerprint density at radius 1 is 1.43 bits per heavy atom. The van der Waals surface area contributed by atoms with Gasteiger partial charge in [-0.3, -0.25) is 4.79 Å². The first-order valence-electron chi connectivity index (χ1n) is 4.46. The van der Waals surface area contributed by atoms with Gasteiger partial charge < -0.3 is 5.32 Å².